The van der Waals surface area contributed by atoms with Crippen LogP contribution < -0.4 is 5.14 Å². The zero-order chi connectivity index (χ0) is 14.6. The second-order valence-electron chi connectivity index (χ2n) is 3.70. The largest absolute Gasteiger partial charge is 0.510 e. The van der Waals surface area contributed by atoms with E-state index in [9.17, 15) is 18.3 Å². The summed E-state index contributed by atoms with van der Waals surface area (Å²) in [6.07, 6.45) is 0. The lowest BCUT2D eigenvalue weighted by Gasteiger charge is -2.02. The number of carbonyl (C=O) groups is 1. The van der Waals surface area contributed by atoms with Gasteiger partial charge in [-0.1, -0.05) is 12.1 Å². The molecule has 0 aliphatic heterocycles. The topological polar surface area (TPSA) is 122 Å². The first-order chi connectivity index (χ1) is 8.73. The third-order valence-corrected chi connectivity index (χ3v) is 3.06. The summed E-state index contributed by atoms with van der Waals surface area (Å²) in [6, 6.07) is 5.68. The van der Waals surface area contributed by atoms with Gasteiger partial charge in [-0.15, -0.1) is 10.2 Å². The Hall–Kier alpha value is -2.06. The summed E-state index contributed by atoms with van der Waals surface area (Å²) < 4.78 is 22.6. The summed E-state index contributed by atoms with van der Waals surface area (Å²) in [5.74, 6) is -0.791. The summed E-state index contributed by atoms with van der Waals surface area (Å²) in [7, 11) is -3.94. The van der Waals surface area contributed by atoms with Gasteiger partial charge in [-0.2, -0.15) is 0 Å². The molecule has 102 valence electrons. The maximum absolute atomic E-state index is 11.3. The molecular formula is C11H13N3O4S. The summed E-state index contributed by atoms with van der Waals surface area (Å²) >= 11 is 0. The van der Waals surface area contributed by atoms with Crippen molar-refractivity contribution >= 4 is 21.5 Å². The van der Waals surface area contributed by atoms with Crippen molar-refractivity contribution in [1.82, 2.24) is 0 Å². The Morgan fingerprint density at radius 1 is 1.26 bits per heavy atom. The van der Waals surface area contributed by atoms with Crippen LogP contribution in [0.1, 0.15) is 13.8 Å². The number of hydrogen-bond donors (Lipinski definition) is 2. The van der Waals surface area contributed by atoms with E-state index in [0.717, 1.165) is 0 Å². The lowest BCUT2D eigenvalue weighted by Crippen LogP contribution is -2.12. The number of aliphatic hydroxyl groups is 1. The molecule has 0 unspecified atom stereocenters. The third kappa shape index (κ3) is 3.97. The standard InChI is InChI=1S/C11H13N3O4S/c1-7(15)11(8(2)16)14-13-9-5-3-4-6-10(9)19(12,17)18/h3-6,15H,1-2H3,(H2,12,17,18)/b11-7-,14-13?. The minimum atomic E-state index is -3.94. The molecule has 0 aliphatic rings. The number of sulfonamides is 1. The number of nitrogens with zero attached hydrogens (tertiary/aromatic N) is 2. The molecule has 19 heavy (non-hydrogen) atoms. The van der Waals surface area contributed by atoms with Crippen molar-refractivity contribution in [3.05, 3.63) is 35.7 Å². The van der Waals surface area contributed by atoms with E-state index in [-0.39, 0.29) is 22.0 Å². The fourth-order valence-corrected chi connectivity index (χ4v) is 1.95. The Bertz CT molecular complexity index is 658. The van der Waals surface area contributed by atoms with E-state index in [4.69, 9.17) is 5.14 Å². The van der Waals surface area contributed by atoms with Gasteiger partial charge in [0.1, 0.15) is 16.3 Å². The normalized spacial score (nSPS) is 13.4. The van der Waals surface area contributed by atoms with Gasteiger partial charge in [-0.3, -0.25) is 4.79 Å². The highest BCUT2D eigenvalue weighted by atomic mass is 32.2. The van der Waals surface area contributed by atoms with Crippen LogP contribution in [-0.2, 0) is 14.8 Å². The van der Waals surface area contributed by atoms with Crippen molar-refractivity contribution in [2.45, 2.75) is 18.7 Å². The fraction of sp³-hybridized carbons (Fsp3) is 0.182. The number of nitrogens with two attached hydrogens (primary N) is 1. The lowest BCUT2D eigenvalue weighted by atomic mass is 10.3. The number of ketones is 1. The average molecular weight is 283 g/mol. The average Bonchev–Trinajstić information content (AvgIpc) is 2.27. The maximum Gasteiger partial charge on any atom is 0.240 e. The van der Waals surface area contributed by atoms with Gasteiger partial charge in [-0.05, 0) is 19.1 Å². The molecule has 1 aromatic carbocycles. The summed E-state index contributed by atoms with van der Waals surface area (Å²) in [5.41, 5.74) is -0.255. The highest BCUT2D eigenvalue weighted by molar-refractivity contribution is 7.89. The van der Waals surface area contributed by atoms with Gasteiger partial charge in [0, 0.05) is 6.92 Å². The number of rotatable bonds is 4. The molecule has 1 rings (SSSR count). The molecule has 0 heterocycles. The molecule has 0 bridgehead atoms. The van der Waals surface area contributed by atoms with Crippen molar-refractivity contribution < 1.29 is 18.3 Å². The SMILES string of the molecule is CC(=O)/C(N=Nc1ccccc1S(N)(=O)=O)=C(\C)O. The van der Waals surface area contributed by atoms with Crippen LogP contribution >= 0.6 is 0 Å². The first kappa shape index (κ1) is 15.0. The van der Waals surface area contributed by atoms with E-state index in [1.54, 1.807) is 6.07 Å². The summed E-state index contributed by atoms with van der Waals surface area (Å²) in [4.78, 5) is 11.0. The highest BCUT2D eigenvalue weighted by Gasteiger charge is 2.13. The van der Waals surface area contributed by atoms with Crippen LogP contribution in [0.15, 0.2) is 50.8 Å². The van der Waals surface area contributed by atoms with Crippen LogP contribution in [0.2, 0.25) is 0 Å². The highest BCUT2D eigenvalue weighted by Crippen LogP contribution is 2.23. The number of hydrogen-bond acceptors (Lipinski definition) is 6. The van der Waals surface area contributed by atoms with Crippen LogP contribution in [0.3, 0.4) is 0 Å². The molecule has 0 fully saturated rings. The van der Waals surface area contributed by atoms with Gasteiger partial charge < -0.3 is 5.11 Å². The van der Waals surface area contributed by atoms with Crippen LogP contribution in [0.4, 0.5) is 5.69 Å². The molecule has 0 aliphatic carbocycles. The number of allylic oxidation sites excluding steroid dienone is 2. The smallest absolute Gasteiger partial charge is 0.240 e. The minimum Gasteiger partial charge on any atom is -0.510 e. The van der Waals surface area contributed by atoms with Crippen molar-refractivity contribution in [3.8, 4) is 0 Å². The number of Topliss-reactive ketones (excluding diaryl/α,β-unsaturated/α-hetero) is 1. The molecule has 1 aromatic rings. The van der Waals surface area contributed by atoms with Crippen molar-refractivity contribution in [2.24, 2.45) is 15.4 Å². The number of primary sulfonamides is 1. The summed E-state index contributed by atoms with van der Waals surface area (Å²) in [5, 5.41) is 21.5. The van der Waals surface area contributed by atoms with Gasteiger partial charge in [-0.25, -0.2) is 13.6 Å². The van der Waals surface area contributed by atoms with Crippen LogP contribution in [-0.4, -0.2) is 19.3 Å². The molecule has 0 atom stereocenters. The van der Waals surface area contributed by atoms with E-state index in [1.807, 2.05) is 0 Å². The molecule has 0 saturated heterocycles. The lowest BCUT2D eigenvalue weighted by molar-refractivity contribution is -0.113. The summed E-state index contributed by atoms with van der Waals surface area (Å²) in [6.45, 7) is 2.49. The Kier molecular flexibility index (Phi) is 4.52. The van der Waals surface area contributed by atoms with Crippen LogP contribution in [0.5, 0.6) is 0 Å². The zero-order valence-electron chi connectivity index (χ0n) is 10.4. The first-order valence-electron chi connectivity index (χ1n) is 5.18. The fourth-order valence-electron chi connectivity index (χ4n) is 1.28. The van der Waals surface area contributed by atoms with Gasteiger partial charge in [0.05, 0.1) is 0 Å². The Morgan fingerprint density at radius 3 is 2.32 bits per heavy atom. The third-order valence-electron chi connectivity index (χ3n) is 2.11. The van der Waals surface area contributed by atoms with E-state index in [2.05, 4.69) is 10.2 Å². The van der Waals surface area contributed by atoms with Gasteiger partial charge in [0.2, 0.25) is 10.0 Å². The van der Waals surface area contributed by atoms with Gasteiger partial charge in [0.25, 0.3) is 0 Å². The minimum absolute atomic E-state index is 0.00926. The Morgan fingerprint density at radius 2 is 1.84 bits per heavy atom. The second-order valence-corrected chi connectivity index (χ2v) is 5.23. The predicted octanol–water partition coefficient (Wildman–Crippen LogP) is 1.80. The van der Waals surface area contributed by atoms with Crippen molar-refractivity contribution in [2.75, 3.05) is 0 Å². The molecule has 7 nitrogen and oxygen atoms in total. The molecular weight excluding hydrogens is 270 g/mol. The second kappa shape index (κ2) is 5.72. The molecule has 8 heteroatoms. The molecule has 0 saturated carbocycles. The molecule has 0 aromatic heterocycles. The van der Waals surface area contributed by atoms with E-state index >= 15 is 0 Å². The van der Waals surface area contributed by atoms with Crippen molar-refractivity contribution in [3.63, 3.8) is 0 Å². The van der Waals surface area contributed by atoms with Crippen LogP contribution in [0, 0.1) is 0 Å². The quantitative estimate of drug-likeness (QED) is 0.496. The van der Waals surface area contributed by atoms with Crippen molar-refractivity contribution in [1.29, 1.82) is 0 Å². The number of benzene rings is 1. The molecule has 3 N–H and O–H groups in total. The van der Waals surface area contributed by atoms with Gasteiger partial charge in [0.15, 0.2) is 11.5 Å². The zero-order valence-corrected chi connectivity index (χ0v) is 11.2. The predicted molar refractivity (Wildman–Crippen MR) is 68.3 cm³/mol. The van der Waals surface area contributed by atoms with E-state index < -0.39 is 15.8 Å². The van der Waals surface area contributed by atoms with Crippen LogP contribution in [0.25, 0.3) is 0 Å². The molecule has 0 spiro atoms. The number of azo groups is 1. The first-order valence-corrected chi connectivity index (χ1v) is 6.72. The number of aliphatic hydroxyl groups excluding tert-OH is 1. The Balaban J connectivity index is 3.29. The van der Waals surface area contributed by atoms with E-state index in [0.29, 0.717) is 0 Å². The van der Waals surface area contributed by atoms with E-state index in [1.165, 1.54) is 32.0 Å². The molecule has 0 amide bonds. The Labute approximate surface area is 110 Å². The molecule has 0 radical (unpaired) electrons. The monoisotopic (exact) mass is 283 g/mol. The maximum atomic E-state index is 11.3. The van der Waals surface area contributed by atoms with Gasteiger partial charge >= 0.3 is 0 Å². The number of carbonyl (C=O) groups excluding carboxylic acids is 1.